The molecule has 6 heteroatoms. The van der Waals surface area contributed by atoms with Crippen molar-refractivity contribution in [2.75, 3.05) is 6.54 Å². The summed E-state index contributed by atoms with van der Waals surface area (Å²) < 4.78 is 52.0. The van der Waals surface area contributed by atoms with Crippen LogP contribution in [-0.4, -0.2) is 12.7 Å². The predicted octanol–water partition coefficient (Wildman–Crippen LogP) is 3.42. The first-order valence-electron chi connectivity index (χ1n) is 4.53. The van der Waals surface area contributed by atoms with Gasteiger partial charge in [-0.15, -0.1) is 0 Å². The van der Waals surface area contributed by atoms with Gasteiger partial charge in [0.05, 0.1) is 0 Å². The van der Waals surface area contributed by atoms with Crippen LogP contribution in [0.2, 0.25) is 5.02 Å². The van der Waals surface area contributed by atoms with Crippen LogP contribution in [0.5, 0.6) is 0 Å². The maximum Gasteiger partial charge on any atom is 0.426 e. The molecule has 0 aliphatic heterocycles. The molecule has 90 valence electrons. The van der Waals surface area contributed by atoms with E-state index in [1.807, 2.05) is 0 Å². The summed E-state index contributed by atoms with van der Waals surface area (Å²) in [5, 5.41) is -0.254. The van der Waals surface area contributed by atoms with Gasteiger partial charge in [0.1, 0.15) is 0 Å². The Morgan fingerprint density at radius 3 is 2.12 bits per heavy atom. The molecule has 16 heavy (non-hydrogen) atoms. The van der Waals surface area contributed by atoms with E-state index in [0.717, 1.165) is 6.07 Å². The lowest BCUT2D eigenvalue weighted by Crippen LogP contribution is -2.40. The highest BCUT2D eigenvalue weighted by molar-refractivity contribution is 6.31. The lowest BCUT2D eigenvalue weighted by Gasteiger charge is -2.28. The SMILES string of the molecule is NCCC(F)(c1ccccc1Cl)C(F)(F)F. The van der Waals surface area contributed by atoms with Crippen molar-refractivity contribution >= 4 is 11.6 Å². The van der Waals surface area contributed by atoms with Gasteiger partial charge in [0.15, 0.2) is 0 Å². The molecule has 2 N–H and O–H groups in total. The highest BCUT2D eigenvalue weighted by Gasteiger charge is 2.57. The van der Waals surface area contributed by atoms with Crippen molar-refractivity contribution in [2.24, 2.45) is 5.73 Å². The van der Waals surface area contributed by atoms with E-state index in [4.69, 9.17) is 17.3 Å². The number of nitrogens with two attached hydrogens (primary N) is 1. The van der Waals surface area contributed by atoms with Gasteiger partial charge < -0.3 is 5.73 Å². The minimum atomic E-state index is -5.03. The van der Waals surface area contributed by atoms with E-state index < -0.39 is 30.4 Å². The van der Waals surface area contributed by atoms with Crippen molar-refractivity contribution < 1.29 is 17.6 Å². The van der Waals surface area contributed by atoms with Gasteiger partial charge in [-0.3, -0.25) is 0 Å². The van der Waals surface area contributed by atoms with Crippen molar-refractivity contribution in [2.45, 2.75) is 18.3 Å². The van der Waals surface area contributed by atoms with E-state index >= 15 is 0 Å². The smallest absolute Gasteiger partial charge is 0.330 e. The topological polar surface area (TPSA) is 26.0 Å². The summed E-state index contributed by atoms with van der Waals surface area (Å²) in [6, 6.07) is 4.97. The molecule has 0 fully saturated rings. The summed E-state index contributed by atoms with van der Waals surface area (Å²) in [5.41, 5.74) is 0.941. The van der Waals surface area contributed by atoms with Crippen LogP contribution in [0.3, 0.4) is 0 Å². The fourth-order valence-electron chi connectivity index (χ4n) is 1.41. The Balaban J connectivity index is 3.28. The van der Waals surface area contributed by atoms with Crippen molar-refractivity contribution in [3.63, 3.8) is 0 Å². The molecule has 0 aliphatic carbocycles. The molecule has 1 rings (SSSR count). The average Bonchev–Trinajstić information content (AvgIpc) is 2.16. The predicted molar refractivity (Wildman–Crippen MR) is 54.0 cm³/mol. The van der Waals surface area contributed by atoms with E-state index in [1.54, 1.807) is 0 Å². The van der Waals surface area contributed by atoms with Crippen LogP contribution in [0.25, 0.3) is 0 Å². The molecule has 0 aromatic heterocycles. The van der Waals surface area contributed by atoms with Gasteiger partial charge >= 0.3 is 6.18 Å². The van der Waals surface area contributed by atoms with Gasteiger partial charge in [-0.25, -0.2) is 4.39 Å². The Hall–Kier alpha value is -0.810. The van der Waals surface area contributed by atoms with Gasteiger partial charge in [0.2, 0.25) is 5.67 Å². The maximum absolute atomic E-state index is 14.0. The van der Waals surface area contributed by atoms with Gasteiger partial charge in [-0.05, 0) is 12.6 Å². The highest BCUT2D eigenvalue weighted by Crippen LogP contribution is 2.46. The second kappa shape index (κ2) is 4.59. The summed E-state index contributed by atoms with van der Waals surface area (Å²) in [4.78, 5) is 0. The third kappa shape index (κ3) is 2.30. The third-order valence-electron chi connectivity index (χ3n) is 2.24. The number of alkyl halides is 4. The molecule has 0 saturated heterocycles. The molecule has 1 nitrogen and oxygen atoms in total. The molecule has 1 atom stereocenters. The van der Waals surface area contributed by atoms with E-state index in [-0.39, 0.29) is 5.02 Å². The first-order chi connectivity index (χ1) is 7.33. The highest BCUT2D eigenvalue weighted by atomic mass is 35.5. The molecular weight excluding hydrogens is 246 g/mol. The Labute approximate surface area is 95.2 Å². The van der Waals surface area contributed by atoms with E-state index in [2.05, 4.69) is 0 Å². The first-order valence-corrected chi connectivity index (χ1v) is 4.91. The van der Waals surface area contributed by atoms with Gasteiger partial charge in [0, 0.05) is 17.0 Å². The molecule has 0 radical (unpaired) electrons. The van der Waals surface area contributed by atoms with Crippen molar-refractivity contribution in [3.05, 3.63) is 34.9 Å². The lowest BCUT2D eigenvalue weighted by atomic mass is 9.91. The lowest BCUT2D eigenvalue weighted by molar-refractivity contribution is -0.237. The Morgan fingerprint density at radius 1 is 1.12 bits per heavy atom. The Morgan fingerprint density at radius 2 is 1.69 bits per heavy atom. The van der Waals surface area contributed by atoms with Gasteiger partial charge in [-0.2, -0.15) is 13.2 Å². The van der Waals surface area contributed by atoms with Crippen LogP contribution >= 0.6 is 11.6 Å². The Bertz CT molecular complexity index is 366. The summed E-state index contributed by atoms with van der Waals surface area (Å²) in [6.45, 7) is -0.415. The maximum atomic E-state index is 14.0. The molecule has 0 spiro atoms. The monoisotopic (exact) mass is 255 g/mol. The van der Waals surface area contributed by atoms with Crippen molar-refractivity contribution in [1.82, 2.24) is 0 Å². The van der Waals surface area contributed by atoms with E-state index in [0.29, 0.717) is 0 Å². The first kappa shape index (κ1) is 13.3. The largest absolute Gasteiger partial charge is 0.426 e. The number of hydrogen-bond donors (Lipinski definition) is 1. The van der Waals surface area contributed by atoms with Crippen LogP contribution in [-0.2, 0) is 5.67 Å². The normalized spacial score (nSPS) is 15.9. The molecule has 0 bridgehead atoms. The number of rotatable bonds is 3. The number of halogens is 5. The molecule has 0 aliphatic rings. The average molecular weight is 256 g/mol. The van der Waals surface area contributed by atoms with Crippen LogP contribution in [0.1, 0.15) is 12.0 Å². The summed E-state index contributed by atoms with van der Waals surface area (Å²) >= 11 is 5.57. The molecule has 0 amide bonds. The second-order valence-corrected chi connectivity index (χ2v) is 3.72. The van der Waals surface area contributed by atoms with Crippen LogP contribution < -0.4 is 5.73 Å². The molecule has 1 unspecified atom stereocenters. The van der Waals surface area contributed by atoms with Gasteiger partial charge in [-0.1, -0.05) is 29.8 Å². The zero-order chi connectivity index (χ0) is 12.4. The summed E-state index contributed by atoms with van der Waals surface area (Å²) in [7, 11) is 0. The third-order valence-corrected chi connectivity index (χ3v) is 2.57. The standard InChI is InChI=1S/C10H10ClF4N/c11-8-4-2-1-3-7(8)9(12,5-6-16)10(13,14)15/h1-4H,5-6,16H2. The molecular formula is C10H10ClF4N. The van der Waals surface area contributed by atoms with Crippen LogP contribution in [0.4, 0.5) is 17.6 Å². The van der Waals surface area contributed by atoms with Crippen LogP contribution in [0, 0.1) is 0 Å². The zero-order valence-electron chi connectivity index (χ0n) is 8.19. The van der Waals surface area contributed by atoms with Gasteiger partial charge in [0.25, 0.3) is 0 Å². The summed E-state index contributed by atoms with van der Waals surface area (Å²) in [6.07, 6.45) is -5.88. The minimum Gasteiger partial charge on any atom is -0.330 e. The quantitative estimate of drug-likeness (QED) is 0.823. The van der Waals surface area contributed by atoms with Crippen molar-refractivity contribution in [3.8, 4) is 0 Å². The van der Waals surface area contributed by atoms with Crippen molar-refractivity contribution in [1.29, 1.82) is 0 Å². The number of hydrogen-bond acceptors (Lipinski definition) is 1. The molecule has 0 heterocycles. The summed E-state index contributed by atoms with van der Waals surface area (Å²) in [5.74, 6) is 0. The zero-order valence-corrected chi connectivity index (χ0v) is 8.95. The molecule has 0 saturated carbocycles. The molecule has 1 aromatic carbocycles. The van der Waals surface area contributed by atoms with E-state index in [9.17, 15) is 17.6 Å². The fourth-order valence-corrected chi connectivity index (χ4v) is 1.70. The Kier molecular flexibility index (Phi) is 3.80. The van der Waals surface area contributed by atoms with E-state index in [1.165, 1.54) is 18.2 Å². The number of benzene rings is 1. The second-order valence-electron chi connectivity index (χ2n) is 3.32. The fraction of sp³-hybridized carbons (Fsp3) is 0.400. The minimum absolute atomic E-state index is 0.254. The molecule has 1 aromatic rings. The van der Waals surface area contributed by atoms with Crippen LogP contribution in [0.15, 0.2) is 24.3 Å².